The quantitative estimate of drug-likeness (QED) is 0.778. The average molecular weight is 301 g/mol. The second kappa shape index (κ2) is 6.81. The van der Waals surface area contributed by atoms with E-state index in [-0.39, 0.29) is 0 Å². The van der Waals surface area contributed by atoms with Crippen LogP contribution in [0.4, 0.5) is 0 Å². The Morgan fingerprint density at radius 1 is 1.24 bits per heavy atom. The molecular weight excluding hydrogens is 290 g/mol. The second-order valence-corrected chi connectivity index (χ2v) is 6.74. The van der Waals surface area contributed by atoms with E-state index in [1.165, 1.54) is 0 Å². The van der Waals surface area contributed by atoms with Gasteiger partial charge in [0.05, 0.1) is 17.0 Å². The Hall–Kier alpha value is -0.810. The lowest BCUT2D eigenvalue weighted by Crippen LogP contribution is -2.15. The molecule has 17 heavy (non-hydrogen) atoms. The van der Waals surface area contributed by atoms with Gasteiger partial charge in [0, 0.05) is 11.1 Å². The lowest BCUT2D eigenvalue weighted by molar-refractivity contribution is 0.472. The summed E-state index contributed by atoms with van der Waals surface area (Å²) < 4.78 is 55.4. The molecule has 2 N–H and O–H groups in total. The highest BCUT2D eigenvalue weighted by Crippen LogP contribution is 2.04. The lowest BCUT2D eigenvalue weighted by atomic mass is 10.6. The van der Waals surface area contributed by atoms with E-state index in [9.17, 15) is 16.8 Å². The van der Waals surface area contributed by atoms with Crippen molar-refractivity contribution in [3.63, 3.8) is 0 Å². The molecule has 0 aliphatic carbocycles. The molecule has 98 valence electrons. The highest BCUT2D eigenvalue weighted by molar-refractivity contribution is 7.89. The van der Waals surface area contributed by atoms with Crippen LogP contribution >= 0.6 is 11.3 Å². The highest BCUT2D eigenvalue weighted by atomic mass is 32.2. The summed E-state index contributed by atoms with van der Waals surface area (Å²) in [6.07, 6.45) is 3.58. The molecule has 0 unspecified atom stereocenters. The fourth-order valence-electron chi connectivity index (χ4n) is 0.537. The summed E-state index contributed by atoms with van der Waals surface area (Å²) in [4.78, 5) is 4.97. The SMILES string of the molecule is C=Cc1cncs1.O=S(=O)(O)CCS(=O)(=O)O. The Morgan fingerprint density at radius 2 is 1.71 bits per heavy atom. The van der Waals surface area contributed by atoms with E-state index in [2.05, 4.69) is 11.6 Å². The molecule has 0 aliphatic rings. The van der Waals surface area contributed by atoms with E-state index in [4.69, 9.17) is 9.11 Å². The molecule has 0 saturated heterocycles. The van der Waals surface area contributed by atoms with Crippen molar-refractivity contribution in [3.05, 3.63) is 23.2 Å². The van der Waals surface area contributed by atoms with Crippen LogP contribution in [-0.4, -0.2) is 42.4 Å². The summed E-state index contributed by atoms with van der Waals surface area (Å²) in [6.45, 7) is 3.57. The summed E-state index contributed by atoms with van der Waals surface area (Å²) >= 11 is 1.59. The van der Waals surface area contributed by atoms with Crippen molar-refractivity contribution in [2.75, 3.05) is 11.5 Å². The maximum Gasteiger partial charge on any atom is 0.265 e. The van der Waals surface area contributed by atoms with Gasteiger partial charge in [-0.05, 0) is 0 Å². The second-order valence-electron chi connectivity index (χ2n) is 2.68. The van der Waals surface area contributed by atoms with Crippen molar-refractivity contribution < 1.29 is 25.9 Å². The summed E-state index contributed by atoms with van der Waals surface area (Å²) in [5, 5.41) is 0. The van der Waals surface area contributed by atoms with E-state index in [1.54, 1.807) is 29.1 Å². The molecule has 0 spiro atoms. The van der Waals surface area contributed by atoms with Crippen LogP contribution in [-0.2, 0) is 20.2 Å². The molecule has 0 aliphatic heterocycles. The van der Waals surface area contributed by atoms with Gasteiger partial charge in [0.2, 0.25) is 0 Å². The summed E-state index contributed by atoms with van der Waals surface area (Å²) in [7, 11) is -8.59. The van der Waals surface area contributed by atoms with Crippen molar-refractivity contribution in [1.82, 2.24) is 4.98 Å². The van der Waals surface area contributed by atoms with Crippen molar-refractivity contribution in [2.24, 2.45) is 0 Å². The van der Waals surface area contributed by atoms with Crippen LogP contribution in [0.25, 0.3) is 6.08 Å². The predicted octanol–water partition coefficient (Wildman–Crippen LogP) is 0.548. The van der Waals surface area contributed by atoms with Gasteiger partial charge >= 0.3 is 0 Å². The van der Waals surface area contributed by atoms with E-state index >= 15 is 0 Å². The molecule has 0 aromatic carbocycles. The molecule has 0 amide bonds. The Morgan fingerprint density at radius 3 is 1.88 bits per heavy atom. The molecule has 1 rings (SSSR count). The van der Waals surface area contributed by atoms with E-state index < -0.39 is 31.7 Å². The molecule has 1 heterocycles. The molecule has 0 atom stereocenters. The Bertz CT molecular complexity index is 498. The Labute approximate surface area is 103 Å². The van der Waals surface area contributed by atoms with Gasteiger partial charge in [-0.15, -0.1) is 11.3 Å². The maximum atomic E-state index is 9.86. The van der Waals surface area contributed by atoms with Crippen LogP contribution in [0.5, 0.6) is 0 Å². The van der Waals surface area contributed by atoms with Crippen molar-refractivity contribution in [2.45, 2.75) is 0 Å². The molecule has 0 saturated carbocycles. The van der Waals surface area contributed by atoms with Crippen LogP contribution in [0.1, 0.15) is 4.88 Å². The van der Waals surface area contributed by atoms with Crippen LogP contribution in [0.3, 0.4) is 0 Å². The average Bonchev–Trinajstić information content (AvgIpc) is 2.66. The minimum Gasteiger partial charge on any atom is -0.286 e. The van der Waals surface area contributed by atoms with Crippen molar-refractivity contribution >= 4 is 37.6 Å². The topological polar surface area (TPSA) is 122 Å². The Kier molecular flexibility index (Phi) is 6.49. The normalized spacial score (nSPS) is 11.4. The fourth-order valence-corrected chi connectivity index (χ4v) is 2.68. The molecule has 7 nitrogen and oxygen atoms in total. The number of nitrogens with zero attached hydrogens (tertiary/aromatic N) is 1. The molecule has 0 radical (unpaired) electrons. The number of hydrogen-bond donors (Lipinski definition) is 2. The largest absolute Gasteiger partial charge is 0.286 e. The number of aromatic nitrogens is 1. The minimum absolute atomic E-state index is 0.980. The Balaban J connectivity index is 0.000000318. The van der Waals surface area contributed by atoms with E-state index in [1.807, 2.05) is 0 Å². The smallest absolute Gasteiger partial charge is 0.265 e. The van der Waals surface area contributed by atoms with Gasteiger partial charge in [0.25, 0.3) is 20.2 Å². The van der Waals surface area contributed by atoms with Gasteiger partial charge in [0.15, 0.2) is 0 Å². The van der Waals surface area contributed by atoms with Gasteiger partial charge in [-0.1, -0.05) is 12.7 Å². The highest BCUT2D eigenvalue weighted by Gasteiger charge is 2.11. The zero-order valence-corrected chi connectivity index (χ0v) is 11.0. The first-order valence-corrected chi connectivity index (χ1v) is 8.15. The number of hydrogen-bond acceptors (Lipinski definition) is 6. The van der Waals surface area contributed by atoms with Crippen molar-refractivity contribution in [1.29, 1.82) is 0 Å². The van der Waals surface area contributed by atoms with Crippen LogP contribution in [0.2, 0.25) is 0 Å². The molecule has 10 heteroatoms. The fraction of sp³-hybridized carbons (Fsp3) is 0.286. The monoisotopic (exact) mass is 301 g/mol. The van der Waals surface area contributed by atoms with E-state index in [0.29, 0.717) is 0 Å². The molecule has 0 fully saturated rings. The number of rotatable bonds is 4. The zero-order valence-electron chi connectivity index (χ0n) is 8.55. The van der Waals surface area contributed by atoms with Crippen LogP contribution in [0, 0.1) is 0 Å². The van der Waals surface area contributed by atoms with Crippen molar-refractivity contribution in [3.8, 4) is 0 Å². The first-order chi connectivity index (χ1) is 7.64. The first kappa shape index (κ1) is 16.2. The molecule has 1 aromatic heterocycles. The summed E-state index contributed by atoms with van der Waals surface area (Å²) in [5.74, 6) is -1.96. The molecule has 0 bridgehead atoms. The van der Waals surface area contributed by atoms with Gasteiger partial charge in [-0.2, -0.15) is 16.8 Å². The van der Waals surface area contributed by atoms with Gasteiger partial charge in [0.1, 0.15) is 0 Å². The standard InChI is InChI=1S/C5H5NS.C2H6O6S2/c1-2-5-3-6-4-7-5;3-9(4,5)1-2-10(6,7)8/h2-4H,1H2;1-2H2,(H,3,4,5)(H,6,7,8). The summed E-state index contributed by atoms with van der Waals surface area (Å²) in [6, 6.07) is 0. The zero-order chi connectivity index (χ0) is 13.5. The third kappa shape index (κ3) is 11.5. The van der Waals surface area contributed by atoms with Crippen LogP contribution < -0.4 is 0 Å². The van der Waals surface area contributed by atoms with Gasteiger partial charge < -0.3 is 0 Å². The minimum atomic E-state index is -4.30. The maximum absolute atomic E-state index is 9.86. The predicted molar refractivity (Wildman–Crippen MR) is 65.0 cm³/mol. The number of thiazole rings is 1. The first-order valence-electron chi connectivity index (χ1n) is 4.05. The molecule has 1 aromatic rings. The third-order valence-electron chi connectivity index (χ3n) is 1.25. The van der Waals surface area contributed by atoms with Gasteiger partial charge in [-0.25, -0.2) is 0 Å². The van der Waals surface area contributed by atoms with Gasteiger partial charge in [-0.3, -0.25) is 14.1 Å². The molecular formula is C7H11NO6S3. The van der Waals surface area contributed by atoms with Crippen LogP contribution in [0.15, 0.2) is 18.3 Å². The lowest BCUT2D eigenvalue weighted by Gasteiger charge is -1.92. The third-order valence-corrected chi connectivity index (χ3v) is 3.72. The summed E-state index contributed by atoms with van der Waals surface area (Å²) in [5.41, 5.74) is 1.79. The van der Waals surface area contributed by atoms with E-state index in [0.717, 1.165) is 4.88 Å².